The molecule has 0 unspecified atom stereocenters. The molecule has 0 amide bonds. The van der Waals surface area contributed by atoms with Gasteiger partial charge < -0.3 is 0 Å². The van der Waals surface area contributed by atoms with Gasteiger partial charge in [-0.2, -0.15) is 0 Å². The van der Waals surface area contributed by atoms with E-state index in [0.717, 1.165) is 0 Å². The van der Waals surface area contributed by atoms with Gasteiger partial charge in [0.15, 0.2) is 0 Å². The summed E-state index contributed by atoms with van der Waals surface area (Å²) in [7, 11) is -4.40. The van der Waals surface area contributed by atoms with Gasteiger partial charge >= 0.3 is 177 Å². The second-order valence-corrected chi connectivity index (χ2v) is 10.7. The standard InChI is InChI=1S/C25H25O4P/c1-3-4-20-25(27)29-30(28-21(2)26,22-14-8-5-9-15-22,23-16-10-6-11-17-23)24-18-12-7-13-19-24/h3,5-19H,1,4,20H2,2H3. The van der Waals surface area contributed by atoms with Crippen molar-refractivity contribution >= 4 is 34.9 Å². The maximum absolute atomic E-state index is 13.1. The zero-order chi connectivity index (χ0) is 21.5. The van der Waals surface area contributed by atoms with E-state index in [9.17, 15) is 9.59 Å². The molecule has 0 bridgehead atoms. The molecule has 0 heterocycles. The van der Waals surface area contributed by atoms with Gasteiger partial charge in [-0.25, -0.2) is 0 Å². The Balaban J connectivity index is 2.46. The molecule has 0 saturated carbocycles. The summed E-state index contributed by atoms with van der Waals surface area (Å²) in [6.07, 6.45) is 2.26. The zero-order valence-electron chi connectivity index (χ0n) is 16.9. The van der Waals surface area contributed by atoms with Crippen molar-refractivity contribution in [3.8, 4) is 0 Å². The Morgan fingerprint density at radius 3 is 1.50 bits per heavy atom. The summed E-state index contributed by atoms with van der Waals surface area (Å²) in [5, 5.41) is 1.93. The number of rotatable bonds is 8. The number of allylic oxidation sites excluding steroid dienone is 1. The number of hydrogen-bond acceptors (Lipinski definition) is 4. The van der Waals surface area contributed by atoms with Crippen LogP contribution in [0.4, 0.5) is 0 Å². The van der Waals surface area contributed by atoms with E-state index in [0.29, 0.717) is 22.3 Å². The molecule has 3 aromatic rings. The van der Waals surface area contributed by atoms with E-state index >= 15 is 0 Å². The first-order chi connectivity index (χ1) is 14.5. The van der Waals surface area contributed by atoms with Crippen LogP contribution in [0.15, 0.2) is 104 Å². The van der Waals surface area contributed by atoms with Crippen LogP contribution in [-0.4, -0.2) is 11.9 Å². The van der Waals surface area contributed by atoms with E-state index in [1.165, 1.54) is 6.92 Å². The van der Waals surface area contributed by atoms with Crippen LogP contribution in [-0.2, 0) is 18.6 Å². The van der Waals surface area contributed by atoms with Crippen LogP contribution in [0.25, 0.3) is 0 Å². The van der Waals surface area contributed by atoms with Crippen molar-refractivity contribution < 1.29 is 18.6 Å². The zero-order valence-corrected chi connectivity index (χ0v) is 17.8. The third kappa shape index (κ3) is 3.79. The van der Waals surface area contributed by atoms with Gasteiger partial charge in [-0.1, -0.05) is 0 Å². The van der Waals surface area contributed by atoms with Gasteiger partial charge in [0.1, 0.15) is 0 Å². The molecule has 0 spiro atoms. The van der Waals surface area contributed by atoms with E-state index in [1.807, 2.05) is 91.0 Å². The fourth-order valence-corrected chi connectivity index (χ4v) is 8.26. The van der Waals surface area contributed by atoms with E-state index in [-0.39, 0.29) is 6.42 Å². The second kappa shape index (κ2) is 9.06. The van der Waals surface area contributed by atoms with Crippen molar-refractivity contribution in [3.05, 3.63) is 104 Å². The van der Waals surface area contributed by atoms with E-state index in [1.54, 1.807) is 6.08 Å². The van der Waals surface area contributed by atoms with Crippen LogP contribution in [0, 0.1) is 0 Å². The van der Waals surface area contributed by atoms with Gasteiger partial charge in [0.05, 0.1) is 0 Å². The Morgan fingerprint density at radius 2 is 1.17 bits per heavy atom. The van der Waals surface area contributed by atoms with Gasteiger partial charge in [-0.15, -0.1) is 0 Å². The molecule has 0 N–H and O–H groups in total. The Kier molecular flexibility index (Phi) is 6.49. The summed E-state index contributed by atoms with van der Waals surface area (Å²) in [6, 6.07) is 27.8. The first-order valence-electron chi connectivity index (χ1n) is 9.75. The normalized spacial score (nSPS) is 12.2. The number of benzene rings is 3. The van der Waals surface area contributed by atoms with Crippen LogP contribution in [0.2, 0.25) is 0 Å². The summed E-state index contributed by atoms with van der Waals surface area (Å²) in [5.41, 5.74) is 0. The second-order valence-electron chi connectivity index (χ2n) is 6.84. The summed E-state index contributed by atoms with van der Waals surface area (Å²) in [5.74, 6) is -0.980. The van der Waals surface area contributed by atoms with Crippen molar-refractivity contribution in [2.75, 3.05) is 0 Å². The van der Waals surface area contributed by atoms with Gasteiger partial charge in [0.2, 0.25) is 0 Å². The Morgan fingerprint density at radius 1 is 0.767 bits per heavy atom. The minimum absolute atomic E-state index is 0.134. The van der Waals surface area contributed by atoms with Crippen molar-refractivity contribution in [2.24, 2.45) is 0 Å². The maximum atomic E-state index is 13.1. The van der Waals surface area contributed by atoms with E-state index in [4.69, 9.17) is 9.05 Å². The summed E-state index contributed by atoms with van der Waals surface area (Å²) < 4.78 is 12.7. The van der Waals surface area contributed by atoms with Crippen molar-refractivity contribution in [2.45, 2.75) is 19.8 Å². The van der Waals surface area contributed by atoms with Gasteiger partial charge in [0.25, 0.3) is 0 Å². The molecular weight excluding hydrogens is 395 g/mol. The molecule has 0 fully saturated rings. The van der Waals surface area contributed by atoms with Crippen molar-refractivity contribution in [1.82, 2.24) is 0 Å². The van der Waals surface area contributed by atoms with E-state index in [2.05, 4.69) is 6.58 Å². The molecule has 5 heteroatoms. The van der Waals surface area contributed by atoms with Crippen LogP contribution < -0.4 is 15.9 Å². The van der Waals surface area contributed by atoms with Crippen molar-refractivity contribution in [3.63, 3.8) is 0 Å². The van der Waals surface area contributed by atoms with Gasteiger partial charge in [0, 0.05) is 0 Å². The quantitative estimate of drug-likeness (QED) is 0.400. The van der Waals surface area contributed by atoms with Crippen LogP contribution in [0.5, 0.6) is 0 Å². The predicted molar refractivity (Wildman–Crippen MR) is 122 cm³/mol. The molecule has 0 aliphatic heterocycles. The number of hydrogen-bond donors (Lipinski definition) is 0. The Hall–Kier alpha value is -3.23. The average molecular weight is 420 g/mol. The third-order valence-electron chi connectivity index (χ3n) is 4.81. The molecule has 0 aromatic heterocycles. The van der Waals surface area contributed by atoms with Crippen LogP contribution >= 0.6 is 7.06 Å². The molecule has 0 aliphatic rings. The molecule has 0 saturated heterocycles. The molecule has 0 radical (unpaired) electrons. The topological polar surface area (TPSA) is 52.6 Å². The molecule has 30 heavy (non-hydrogen) atoms. The Bertz CT molecular complexity index is 917. The molecule has 4 nitrogen and oxygen atoms in total. The first kappa shape index (κ1) is 21.5. The SMILES string of the molecule is C=CCCC(=O)OP(OC(C)=O)(c1ccccc1)(c1ccccc1)c1ccccc1. The Labute approximate surface area is 177 Å². The molecule has 0 atom stereocenters. The first-order valence-corrected chi connectivity index (χ1v) is 11.8. The fraction of sp³-hybridized carbons (Fsp3) is 0.120. The molecule has 3 aromatic carbocycles. The van der Waals surface area contributed by atoms with Gasteiger partial charge in [-0.05, 0) is 0 Å². The number of carbonyl (C=O) groups excluding carboxylic acids is 2. The predicted octanol–water partition coefficient (Wildman–Crippen LogP) is 4.42. The molecule has 3 rings (SSSR count). The summed E-state index contributed by atoms with van der Waals surface area (Å²) in [4.78, 5) is 25.7. The number of carbonyl (C=O) groups is 2. The fourth-order valence-electron chi connectivity index (χ4n) is 3.58. The molecule has 154 valence electrons. The molecule has 0 aliphatic carbocycles. The molecular formula is C25H25O4P. The van der Waals surface area contributed by atoms with E-state index < -0.39 is 19.0 Å². The summed E-state index contributed by atoms with van der Waals surface area (Å²) in [6.45, 7) is 5.03. The van der Waals surface area contributed by atoms with Crippen LogP contribution in [0.1, 0.15) is 19.8 Å². The monoisotopic (exact) mass is 420 g/mol. The third-order valence-corrected chi connectivity index (χ3v) is 9.67. The van der Waals surface area contributed by atoms with Gasteiger partial charge in [-0.3, -0.25) is 0 Å². The summed E-state index contributed by atoms with van der Waals surface area (Å²) >= 11 is 0. The van der Waals surface area contributed by atoms with Crippen LogP contribution in [0.3, 0.4) is 0 Å². The van der Waals surface area contributed by atoms with Crippen molar-refractivity contribution in [1.29, 1.82) is 0 Å². The average Bonchev–Trinajstić information content (AvgIpc) is 2.79. The minimum atomic E-state index is -4.40.